The van der Waals surface area contributed by atoms with Crippen LogP contribution in [-0.2, 0) is 15.2 Å². The topological polar surface area (TPSA) is 124 Å². The molecule has 1 atom stereocenters. The van der Waals surface area contributed by atoms with Gasteiger partial charge >= 0.3 is 5.97 Å². The van der Waals surface area contributed by atoms with E-state index in [2.05, 4.69) is 5.32 Å². The number of anilines is 1. The second-order valence-electron chi connectivity index (χ2n) is 6.56. The Kier molecular flexibility index (Phi) is 7.49. The number of methoxy groups -OCH3 is 4. The highest BCUT2D eigenvalue weighted by molar-refractivity contribution is 6.02. The number of carboxylic acid groups (broad SMARTS) is 1. The molecular weight excluding hydrogens is 406 g/mol. The molecule has 1 amide bonds. The molecular formula is C22H25NO8. The highest BCUT2D eigenvalue weighted by Crippen LogP contribution is 2.35. The van der Waals surface area contributed by atoms with Crippen molar-refractivity contribution < 1.29 is 38.7 Å². The monoisotopic (exact) mass is 431 g/mol. The molecule has 9 heteroatoms. The van der Waals surface area contributed by atoms with Crippen LogP contribution in [0.4, 0.5) is 5.69 Å². The molecule has 0 fully saturated rings. The Morgan fingerprint density at radius 1 is 0.935 bits per heavy atom. The number of carboxylic acids is 1. The van der Waals surface area contributed by atoms with Crippen LogP contribution < -0.4 is 24.3 Å². The Labute approximate surface area is 179 Å². The van der Waals surface area contributed by atoms with E-state index in [4.69, 9.17) is 18.9 Å². The molecule has 2 aromatic rings. The normalized spacial score (nSPS) is 12.7. The van der Waals surface area contributed by atoms with E-state index in [1.165, 1.54) is 58.8 Å². The maximum Gasteiger partial charge on any atom is 0.340 e. The lowest BCUT2D eigenvalue weighted by molar-refractivity contribution is -0.157. The average molecular weight is 431 g/mol. The predicted octanol–water partition coefficient (Wildman–Crippen LogP) is 2.67. The van der Waals surface area contributed by atoms with E-state index in [9.17, 15) is 19.8 Å². The highest BCUT2D eigenvalue weighted by atomic mass is 16.5. The van der Waals surface area contributed by atoms with Crippen molar-refractivity contribution in [2.45, 2.75) is 12.5 Å². The maximum atomic E-state index is 12.4. The minimum Gasteiger partial charge on any atom is -0.496 e. The Balaban J connectivity index is 2.31. The lowest BCUT2D eigenvalue weighted by Gasteiger charge is -2.22. The molecule has 9 nitrogen and oxygen atoms in total. The lowest BCUT2D eigenvalue weighted by Crippen LogP contribution is -2.32. The van der Waals surface area contributed by atoms with Gasteiger partial charge in [-0.15, -0.1) is 0 Å². The number of benzene rings is 2. The van der Waals surface area contributed by atoms with Crippen molar-refractivity contribution in [3.05, 3.63) is 47.5 Å². The van der Waals surface area contributed by atoms with Gasteiger partial charge in [-0.25, -0.2) is 4.79 Å². The van der Waals surface area contributed by atoms with Crippen LogP contribution in [0.15, 0.2) is 36.4 Å². The summed E-state index contributed by atoms with van der Waals surface area (Å²) in [6.45, 7) is 1.13. The van der Waals surface area contributed by atoms with Gasteiger partial charge in [0, 0.05) is 29.5 Å². The van der Waals surface area contributed by atoms with Gasteiger partial charge in [-0.1, -0.05) is 0 Å². The summed E-state index contributed by atoms with van der Waals surface area (Å²) in [6, 6.07) is 7.64. The van der Waals surface area contributed by atoms with Crippen molar-refractivity contribution in [2.75, 3.05) is 33.8 Å². The van der Waals surface area contributed by atoms with Gasteiger partial charge in [-0.2, -0.15) is 0 Å². The lowest BCUT2D eigenvalue weighted by atomic mass is 9.94. The quantitative estimate of drug-likeness (QED) is 0.518. The Morgan fingerprint density at radius 2 is 1.52 bits per heavy atom. The Hall–Kier alpha value is -3.72. The van der Waals surface area contributed by atoms with Crippen molar-refractivity contribution >= 4 is 23.6 Å². The first kappa shape index (κ1) is 23.6. The van der Waals surface area contributed by atoms with Crippen molar-refractivity contribution in [2.24, 2.45) is 0 Å². The number of carbonyl (C=O) groups excluding carboxylic acids is 1. The number of rotatable bonds is 9. The molecule has 1 unspecified atom stereocenters. The molecule has 0 bridgehead atoms. The number of hydrogen-bond acceptors (Lipinski definition) is 7. The van der Waals surface area contributed by atoms with Crippen molar-refractivity contribution in [1.29, 1.82) is 0 Å². The summed E-state index contributed by atoms with van der Waals surface area (Å²) in [7, 11) is 5.84. The second-order valence-corrected chi connectivity index (χ2v) is 6.56. The van der Waals surface area contributed by atoms with Crippen LogP contribution in [0.5, 0.6) is 23.0 Å². The summed E-state index contributed by atoms with van der Waals surface area (Å²) in [6.07, 6.45) is 2.79. The molecule has 31 heavy (non-hydrogen) atoms. The third kappa shape index (κ3) is 5.26. The molecule has 0 aliphatic heterocycles. The summed E-state index contributed by atoms with van der Waals surface area (Å²) in [4.78, 5) is 23.9. The van der Waals surface area contributed by atoms with E-state index < -0.39 is 17.5 Å². The smallest absolute Gasteiger partial charge is 0.340 e. The largest absolute Gasteiger partial charge is 0.496 e. The van der Waals surface area contributed by atoms with Crippen molar-refractivity contribution in [3.8, 4) is 23.0 Å². The van der Waals surface area contributed by atoms with E-state index in [-0.39, 0.29) is 17.0 Å². The van der Waals surface area contributed by atoms with E-state index >= 15 is 0 Å². The van der Waals surface area contributed by atoms with Crippen LogP contribution >= 0.6 is 0 Å². The summed E-state index contributed by atoms with van der Waals surface area (Å²) < 4.78 is 21.0. The van der Waals surface area contributed by atoms with Crippen LogP contribution in [0.25, 0.3) is 6.08 Å². The standard InChI is InChI=1S/C22H25NO8/c1-22(27,21(25)26)16-10-13(6-8-17(16)29-3)23-20(24)9-7-15-18(30-4)11-14(28-2)12-19(15)31-5/h6-12,27H,1-5H3,(H,23,24)(H,25,26). The third-order valence-corrected chi connectivity index (χ3v) is 4.56. The molecule has 2 rings (SSSR count). The highest BCUT2D eigenvalue weighted by Gasteiger charge is 2.35. The van der Waals surface area contributed by atoms with E-state index in [0.717, 1.165) is 6.92 Å². The third-order valence-electron chi connectivity index (χ3n) is 4.56. The van der Waals surface area contributed by atoms with Gasteiger partial charge in [0.15, 0.2) is 5.60 Å². The van der Waals surface area contributed by atoms with Gasteiger partial charge < -0.3 is 34.5 Å². The molecule has 0 aliphatic rings. The SMILES string of the molecule is COc1cc(OC)c(C=CC(=O)Nc2ccc(OC)c(C(C)(O)C(=O)O)c2)c(OC)c1. The molecule has 0 saturated heterocycles. The molecule has 166 valence electrons. The minimum atomic E-state index is -2.20. The first-order valence-corrected chi connectivity index (χ1v) is 9.11. The maximum absolute atomic E-state index is 12.4. The van der Waals surface area contributed by atoms with Crippen LogP contribution in [0.1, 0.15) is 18.1 Å². The summed E-state index contributed by atoms with van der Waals surface area (Å²) >= 11 is 0. The zero-order valence-corrected chi connectivity index (χ0v) is 17.9. The molecule has 0 aromatic heterocycles. The number of ether oxygens (including phenoxy) is 4. The Bertz CT molecular complexity index is 972. The number of aliphatic carboxylic acids is 1. The predicted molar refractivity (Wildman–Crippen MR) is 114 cm³/mol. The van der Waals surface area contributed by atoms with Gasteiger partial charge in [-0.05, 0) is 31.2 Å². The van der Waals surface area contributed by atoms with Crippen LogP contribution in [0.2, 0.25) is 0 Å². The molecule has 0 aliphatic carbocycles. The van der Waals surface area contributed by atoms with Gasteiger partial charge in [0.2, 0.25) is 5.91 Å². The molecule has 3 N–H and O–H groups in total. The van der Waals surface area contributed by atoms with Crippen molar-refractivity contribution in [3.63, 3.8) is 0 Å². The fourth-order valence-electron chi connectivity index (χ4n) is 2.82. The molecule has 0 saturated carbocycles. The first-order chi connectivity index (χ1) is 14.7. The van der Waals surface area contributed by atoms with Gasteiger partial charge in [0.1, 0.15) is 23.0 Å². The fourth-order valence-corrected chi connectivity index (χ4v) is 2.82. The second kappa shape index (κ2) is 9.86. The van der Waals surface area contributed by atoms with E-state index in [1.54, 1.807) is 12.1 Å². The molecule has 0 spiro atoms. The number of nitrogens with one attached hydrogen (secondary N) is 1. The number of amides is 1. The van der Waals surface area contributed by atoms with Gasteiger partial charge in [-0.3, -0.25) is 4.79 Å². The molecule has 2 aromatic carbocycles. The van der Waals surface area contributed by atoms with E-state index in [0.29, 0.717) is 22.8 Å². The minimum absolute atomic E-state index is 0.00257. The molecule has 0 radical (unpaired) electrons. The number of hydrogen-bond donors (Lipinski definition) is 3. The molecule has 0 heterocycles. The van der Waals surface area contributed by atoms with Gasteiger partial charge in [0.25, 0.3) is 0 Å². The summed E-state index contributed by atoms with van der Waals surface area (Å²) in [5.74, 6) is -0.340. The van der Waals surface area contributed by atoms with E-state index in [1.807, 2.05) is 0 Å². The van der Waals surface area contributed by atoms with Crippen LogP contribution in [0, 0.1) is 0 Å². The Morgan fingerprint density at radius 3 is 2.00 bits per heavy atom. The summed E-state index contributed by atoms with van der Waals surface area (Å²) in [5.41, 5.74) is -1.39. The fraction of sp³-hybridized carbons (Fsp3) is 0.273. The number of carbonyl (C=O) groups is 2. The van der Waals surface area contributed by atoms with Gasteiger partial charge in [0.05, 0.1) is 34.0 Å². The number of aliphatic hydroxyl groups is 1. The van der Waals surface area contributed by atoms with Crippen LogP contribution in [0.3, 0.4) is 0 Å². The zero-order chi connectivity index (χ0) is 23.2. The zero-order valence-electron chi connectivity index (χ0n) is 17.9. The first-order valence-electron chi connectivity index (χ1n) is 9.11. The van der Waals surface area contributed by atoms with Crippen molar-refractivity contribution in [1.82, 2.24) is 0 Å². The summed E-state index contributed by atoms with van der Waals surface area (Å²) in [5, 5.41) is 22.2. The average Bonchev–Trinajstić information content (AvgIpc) is 2.76. The van der Waals surface area contributed by atoms with Crippen LogP contribution in [-0.4, -0.2) is 50.5 Å².